The van der Waals surface area contributed by atoms with Crippen molar-refractivity contribution in [3.05, 3.63) is 82.1 Å². The summed E-state index contributed by atoms with van der Waals surface area (Å²) >= 11 is 0. The van der Waals surface area contributed by atoms with Gasteiger partial charge in [0.1, 0.15) is 11.3 Å². The van der Waals surface area contributed by atoms with Crippen LogP contribution in [0.2, 0.25) is 0 Å². The van der Waals surface area contributed by atoms with Crippen LogP contribution in [0.15, 0.2) is 63.8 Å². The summed E-state index contributed by atoms with van der Waals surface area (Å²) in [5.74, 6) is -0.845. The molecule has 0 fully saturated rings. The van der Waals surface area contributed by atoms with Gasteiger partial charge in [-0.3, -0.25) is 0 Å². The molecule has 1 heterocycles. The summed E-state index contributed by atoms with van der Waals surface area (Å²) in [6.45, 7) is 1.81. The second-order valence-corrected chi connectivity index (χ2v) is 7.92. The van der Waals surface area contributed by atoms with Gasteiger partial charge < -0.3 is 9.52 Å². The lowest BCUT2D eigenvalue weighted by Crippen LogP contribution is -2.28. The van der Waals surface area contributed by atoms with E-state index in [2.05, 4.69) is 0 Å². The van der Waals surface area contributed by atoms with Gasteiger partial charge in [-0.2, -0.15) is 0 Å². The number of sulfonamides is 1. The molecule has 0 amide bonds. The second-order valence-electron chi connectivity index (χ2n) is 6.31. The molecule has 0 saturated carbocycles. The van der Waals surface area contributed by atoms with Crippen LogP contribution in [0.25, 0.3) is 11.0 Å². The van der Waals surface area contributed by atoms with E-state index in [1.165, 1.54) is 0 Å². The van der Waals surface area contributed by atoms with E-state index in [1.807, 2.05) is 6.92 Å². The van der Waals surface area contributed by atoms with Gasteiger partial charge in [-0.1, -0.05) is 49.4 Å². The van der Waals surface area contributed by atoms with Crippen LogP contribution in [-0.2, 0) is 10.0 Å². The Bertz CT molecular complexity index is 1110. The van der Waals surface area contributed by atoms with Crippen LogP contribution in [0, 0.1) is 5.92 Å². The Morgan fingerprint density at radius 3 is 2.37 bits per heavy atom. The Morgan fingerprint density at radius 1 is 1.11 bits per heavy atom. The highest BCUT2D eigenvalue weighted by Gasteiger charge is 2.33. The van der Waals surface area contributed by atoms with E-state index in [0.29, 0.717) is 23.3 Å². The summed E-state index contributed by atoms with van der Waals surface area (Å²) in [5.41, 5.74) is 0.260. The minimum atomic E-state index is -3.85. The molecule has 3 N–H and O–H groups in total. The second kappa shape index (κ2) is 7.54. The number of rotatable bonds is 6. The predicted octanol–water partition coefficient (Wildman–Crippen LogP) is 2.90. The monoisotopic (exact) mass is 386 g/mol. The molecule has 141 valence electrons. The number of benzene rings is 2. The first kappa shape index (κ1) is 19.1. The average Bonchev–Trinajstić information content (AvgIpc) is 2.63. The van der Waals surface area contributed by atoms with Crippen molar-refractivity contribution in [1.82, 2.24) is 0 Å². The summed E-state index contributed by atoms with van der Waals surface area (Å²) < 4.78 is 29.0. The van der Waals surface area contributed by atoms with Crippen LogP contribution >= 0.6 is 0 Å². The zero-order valence-corrected chi connectivity index (χ0v) is 15.6. The summed E-state index contributed by atoms with van der Waals surface area (Å²) in [6, 6.07) is 15.5. The Kier molecular flexibility index (Phi) is 5.34. The van der Waals surface area contributed by atoms with Gasteiger partial charge in [0.15, 0.2) is 0 Å². The summed E-state index contributed by atoms with van der Waals surface area (Å²) in [5, 5.41) is 16.5. The molecular weight excluding hydrogens is 366 g/mol. The molecule has 27 heavy (non-hydrogen) atoms. The van der Waals surface area contributed by atoms with Crippen molar-refractivity contribution in [2.24, 2.45) is 5.14 Å². The molecule has 0 aliphatic carbocycles. The van der Waals surface area contributed by atoms with Crippen LogP contribution in [-0.4, -0.2) is 19.3 Å². The standard InChI is InChI=1S/C20H20NO5S/c1-2-14(16(12-27(21,24)25)13-8-4-3-5-9-13)18-19(22)15-10-6-7-11-17(15)26-20(18)23/h3-11,14,22H,2,12H2,1H3,(H2,21,24,25). The van der Waals surface area contributed by atoms with E-state index in [0.717, 1.165) is 0 Å². The van der Waals surface area contributed by atoms with Crippen LogP contribution in [0.1, 0.15) is 30.4 Å². The highest BCUT2D eigenvalue weighted by atomic mass is 32.2. The van der Waals surface area contributed by atoms with Crippen LogP contribution in [0.4, 0.5) is 0 Å². The molecule has 2 aromatic carbocycles. The van der Waals surface area contributed by atoms with Gasteiger partial charge in [0.05, 0.1) is 16.7 Å². The van der Waals surface area contributed by atoms with Gasteiger partial charge in [0, 0.05) is 11.8 Å². The molecule has 0 aliphatic heterocycles. The zero-order chi connectivity index (χ0) is 19.6. The van der Waals surface area contributed by atoms with Crippen molar-refractivity contribution in [3.63, 3.8) is 0 Å². The Hall–Kier alpha value is -2.64. The highest BCUT2D eigenvalue weighted by Crippen LogP contribution is 2.40. The maximum atomic E-state index is 12.6. The third kappa shape index (κ3) is 4.04. The van der Waals surface area contributed by atoms with Crippen LogP contribution in [0.5, 0.6) is 5.75 Å². The number of nitrogens with two attached hydrogens (primary N) is 1. The smallest absolute Gasteiger partial charge is 0.343 e. The SMILES string of the molecule is CCC([C](CS(N)(=O)=O)c1ccccc1)c1c(O)c2ccccc2oc1=O. The number of fused-ring (bicyclic) bond motifs is 1. The van der Waals surface area contributed by atoms with Crippen molar-refractivity contribution in [3.8, 4) is 5.75 Å². The molecule has 1 atom stereocenters. The summed E-state index contributed by atoms with van der Waals surface area (Å²) in [4.78, 5) is 12.6. The fourth-order valence-electron chi connectivity index (χ4n) is 3.33. The van der Waals surface area contributed by atoms with Crippen molar-refractivity contribution in [2.75, 3.05) is 5.75 Å². The van der Waals surface area contributed by atoms with E-state index in [9.17, 15) is 18.3 Å². The normalized spacial score (nSPS) is 13.1. The lowest BCUT2D eigenvalue weighted by atomic mass is 9.81. The summed E-state index contributed by atoms with van der Waals surface area (Å²) in [6.07, 6.45) is 0.385. The third-order valence-corrected chi connectivity index (χ3v) is 5.21. The highest BCUT2D eigenvalue weighted by molar-refractivity contribution is 7.89. The minimum Gasteiger partial charge on any atom is -0.507 e. The van der Waals surface area contributed by atoms with Crippen LogP contribution in [0.3, 0.4) is 0 Å². The lowest BCUT2D eigenvalue weighted by Gasteiger charge is -2.25. The van der Waals surface area contributed by atoms with Gasteiger partial charge in [-0.25, -0.2) is 18.4 Å². The largest absolute Gasteiger partial charge is 0.507 e. The molecule has 7 heteroatoms. The predicted molar refractivity (Wildman–Crippen MR) is 104 cm³/mol. The molecule has 0 aliphatic rings. The Morgan fingerprint density at radius 2 is 1.74 bits per heavy atom. The van der Waals surface area contributed by atoms with Crippen LogP contribution < -0.4 is 10.8 Å². The van der Waals surface area contributed by atoms with E-state index in [1.54, 1.807) is 54.6 Å². The van der Waals surface area contributed by atoms with Crippen molar-refractivity contribution in [2.45, 2.75) is 19.3 Å². The van der Waals surface area contributed by atoms with Gasteiger partial charge in [-0.15, -0.1) is 0 Å². The number of para-hydroxylation sites is 1. The summed E-state index contributed by atoms with van der Waals surface area (Å²) in [7, 11) is -3.85. The Labute approximate surface area is 157 Å². The number of hydrogen-bond donors (Lipinski definition) is 2. The molecule has 1 aromatic heterocycles. The van der Waals surface area contributed by atoms with Gasteiger partial charge >= 0.3 is 5.63 Å². The molecule has 0 bridgehead atoms. The van der Waals surface area contributed by atoms with Gasteiger partial charge in [0.2, 0.25) is 10.0 Å². The molecular formula is C20H20NO5S. The number of hydrogen-bond acceptors (Lipinski definition) is 5. The maximum Gasteiger partial charge on any atom is 0.343 e. The first-order valence-electron chi connectivity index (χ1n) is 8.48. The molecule has 6 nitrogen and oxygen atoms in total. The fraction of sp³-hybridized carbons (Fsp3) is 0.200. The quantitative estimate of drug-likeness (QED) is 0.633. The third-order valence-electron chi connectivity index (χ3n) is 4.50. The average molecular weight is 386 g/mol. The van der Waals surface area contributed by atoms with E-state index < -0.39 is 27.3 Å². The van der Waals surface area contributed by atoms with Gasteiger partial charge in [-0.05, 0) is 24.1 Å². The number of primary sulfonamides is 1. The molecule has 3 aromatic rings. The Balaban J connectivity index is 2.22. The topological polar surface area (TPSA) is 111 Å². The fourth-order valence-corrected chi connectivity index (χ4v) is 4.14. The molecule has 0 spiro atoms. The van der Waals surface area contributed by atoms with Gasteiger partial charge in [0.25, 0.3) is 0 Å². The van der Waals surface area contributed by atoms with E-state index >= 15 is 0 Å². The minimum absolute atomic E-state index is 0.0405. The van der Waals surface area contributed by atoms with E-state index in [4.69, 9.17) is 9.56 Å². The maximum absolute atomic E-state index is 12.6. The van der Waals surface area contributed by atoms with Crippen molar-refractivity contribution in [1.29, 1.82) is 0 Å². The van der Waals surface area contributed by atoms with Crippen molar-refractivity contribution < 1.29 is 17.9 Å². The van der Waals surface area contributed by atoms with E-state index in [-0.39, 0.29) is 16.9 Å². The first-order chi connectivity index (χ1) is 12.8. The molecule has 1 unspecified atom stereocenters. The molecule has 0 saturated heterocycles. The molecule has 1 radical (unpaired) electrons. The first-order valence-corrected chi connectivity index (χ1v) is 10.2. The lowest BCUT2D eigenvalue weighted by molar-refractivity contribution is 0.446. The zero-order valence-electron chi connectivity index (χ0n) is 14.8. The number of aromatic hydroxyl groups is 1. The van der Waals surface area contributed by atoms with Crippen molar-refractivity contribution >= 4 is 21.0 Å². The molecule has 3 rings (SSSR count).